The molecule has 0 aromatic heterocycles. The minimum absolute atomic E-state index is 0.0656. The molecule has 2 aromatic carbocycles. The van der Waals surface area contributed by atoms with Crippen molar-refractivity contribution in [1.29, 1.82) is 0 Å². The first-order valence-electron chi connectivity index (χ1n) is 9.39. The summed E-state index contributed by atoms with van der Waals surface area (Å²) < 4.78 is 0.970. The van der Waals surface area contributed by atoms with Crippen molar-refractivity contribution >= 4 is 39.3 Å². The Morgan fingerprint density at radius 2 is 1.61 bits per heavy atom. The Bertz CT molecular complexity index is 793. The van der Waals surface area contributed by atoms with Crippen LogP contribution in [-0.4, -0.2) is 28.8 Å². The van der Waals surface area contributed by atoms with Crippen LogP contribution >= 0.6 is 27.5 Å². The Hall–Kier alpha value is -1.85. The molecule has 0 saturated carbocycles. The van der Waals surface area contributed by atoms with E-state index in [4.69, 9.17) is 11.6 Å². The molecule has 150 valence electrons. The molecule has 0 spiro atoms. The molecule has 0 radical (unpaired) electrons. The van der Waals surface area contributed by atoms with Crippen molar-refractivity contribution in [2.24, 2.45) is 0 Å². The smallest absolute Gasteiger partial charge is 0.242 e. The van der Waals surface area contributed by atoms with Crippen LogP contribution in [-0.2, 0) is 22.6 Å². The molecule has 0 aliphatic carbocycles. The third-order valence-corrected chi connectivity index (χ3v) is 5.48. The van der Waals surface area contributed by atoms with Crippen molar-refractivity contribution in [2.75, 3.05) is 0 Å². The predicted octanol–water partition coefficient (Wildman–Crippen LogP) is 4.98. The summed E-state index contributed by atoms with van der Waals surface area (Å²) in [6.45, 7) is 6.12. The molecule has 0 aliphatic rings. The van der Waals surface area contributed by atoms with E-state index in [9.17, 15) is 9.59 Å². The van der Waals surface area contributed by atoms with Gasteiger partial charge in [-0.2, -0.15) is 0 Å². The van der Waals surface area contributed by atoms with Crippen LogP contribution in [0.25, 0.3) is 0 Å². The highest BCUT2D eigenvalue weighted by Gasteiger charge is 2.26. The molecule has 2 rings (SSSR count). The largest absolute Gasteiger partial charge is 0.352 e. The molecule has 0 fully saturated rings. The third kappa shape index (κ3) is 6.64. The van der Waals surface area contributed by atoms with E-state index in [1.807, 2.05) is 50.2 Å². The first kappa shape index (κ1) is 22.4. The van der Waals surface area contributed by atoms with Crippen LogP contribution < -0.4 is 5.32 Å². The van der Waals surface area contributed by atoms with Crippen LogP contribution in [0.1, 0.15) is 38.3 Å². The lowest BCUT2D eigenvalue weighted by Gasteiger charge is -2.30. The number of hydrogen-bond acceptors (Lipinski definition) is 2. The quantitative estimate of drug-likeness (QED) is 0.598. The van der Waals surface area contributed by atoms with Crippen molar-refractivity contribution in [2.45, 2.75) is 52.2 Å². The van der Waals surface area contributed by atoms with Gasteiger partial charge in [-0.15, -0.1) is 0 Å². The van der Waals surface area contributed by atoms with Gasteiger partial charge in [-0.05, 0) is 55.7 Å². The van der Waals surface area contributed by atoms with E-state index in [0.717, 1.165) is 22.0 Å². The third-order valence-electron chi connectivity index (χ3n) is 4.70. The van der Waals surface area contributed by atoms with Crippen LogP contribution in [0.15, 0.2) is 53.0 Å². The number of halogens is 2. The summed E-state index contributed by atoms with van der Waals surface area (Å²) in [5.41, 5.74) is 1.83. The van der Waals surface area contributed by atoms with Gasteiger partial charge in [0.25, 0.3) is 0 Å². The number of rotatable bonds is 8. The summed E-state index contributed by atoms with van der Waals surface area (Å²) in [6, 6.07) is 14.5. The van der Waals surface area contributed by atoms with Crippen LogP contribution in [0.2, 0.25) is 5.02 Å². The molecule has 6 heteroatoms. The molecule has 2 atom stereocenters. The van der Waals surface area contributed by atoms with Crippen molar-refractivity contribution in [3.05, 3.63) is 69.2 Å². The van der Waals surface area contributed by atoms with Gasteiger partial charge in [-0.3, -0.25) is 9.59 Å². The number of benzene rings is 2. The molecule has 0 aliphatic heterocycles. The number of amides is 2. The first-order chi connectivity index (χ1) is 13.3. The van der Waals surface area contributed by atoms with Crippen LogP contribution in [0.3, 0.4) is 0 Å². The maximum absolute atomic E-state index is 13.1. The molecular formula is C22H26BrClN2O2. The first-order valence-corrected chi connectivity index (χ1v) is 10.6. The zero-order valence-corrected chi connectivity index (χ0v) is 18.8. The van der Waals surface area contributed by atoms with E-state index in [-0.39, 0.29) is 24.3 Å². The second kappa shape index (κ2) is 10.6. The Morgan fingerprint density at radius 3 is 2.18 bits per heavy atom. The standard InChI is InChI=1S/C22H26BrClN2O2/c1-4-15(2)25-22(28)16(3)26(14-18-5-9-19(23)10-6-18)21(27)13-17-7-11-20(24)12-8-17/h5-12,15-16H,4,13-14H2,1-3H3,(H,25,28)/t15-,16+/m0/s1. The summed E-state index contributed by atoms with van der Waals surface area (Å²) in [6.07, 6.45) is 1.05. The molecule has 0 unspecified atom stereocenters. The van der Waals surface area contributed by atoms with Gasteiger partial charge in [0.2, 0.25) is 11.8 Å². The highest BCUT2D eigenvalue weighted by atomic mass is 79.9. The maximum Gasteiger partial charge on any atom is 0.242 e. The number of carbonyl (C=O) groups is 2. The van der Waals surface area contributed by atoms with Gasteiger partial charge >= 0.3 is 0 Å². The van der Waals surface area contributed by atoms with E-state index >= 15 is 0 Å². The topological polar surface area (TPSA) is 49.4 Å². The lowest BCUT2D eigenvalue weighted by Crippen LogP contribution is -2.49. The maximum atomic E-state index is 13.1. The van der Waals surface area contributed by atoms with Crippen molar-refractivity contribution in [3.8, 4) is 0 Å². The monoisotopic (exact) mass is 464 g/mol. The van der Waals surface area contributed by atoms with Gasteiger partial charge in [-0.1, -0.05) is 58.7 Å². The lowest BCUT2D eigenvalue weighted by molar-refractivity contribution is -0.140. The van der Waals surface area contributed by atoms with Gasteiger partial charge in [0.15, 0.2) is 0 Å². The molecule has 0 heterocycles. The van der Waals surface area contributed by atoms with Gasteiger partial charge in [0.05, 0.1) is 6.42 Å². The summed E-state index contributed by atoms with van der Waals surface area (Å²) in [7, 11) is 0. The number of carbonyl (C=O) groups excluding carboxylic acids is 2. The van der Waals surface area contributed by atoms with Gasteiger partial charge in [-0.25, -0.2) is 0 Å². The van der Waals surface area contributed by atoms with E-state index in [1.54, 1.807) is 24.0 Å². The Balaban J connectivity index is 2.20. The molecule has 4 nitrogen and oxygen atoms in total. The Labute approximate surface area is 180 Å². The second-order valence-corrected chi connectivity index (χ2v) is 8.30. The summed E-state index contributed by atoms with van der Waals surface area (Å²) in [4.78, 5) is 27.4. The molecular weight excluding hydrogens is 440 g/mol. The minimum atomic E-state index is -0.572. The van der Waals surface area contributed by atoms with Gasteiger partial charge in [0.1, 0.15) is 6.04 Å². The average molecular weight is 466 g/mol. The van der Waals surface area contributed by atoms with E-state index in [2.05, 4.69) is 21.2 Å². The molecule has 0 bridgehead atoms. The molecule has 28 heavy (non-hydrogen) atoms. The predicted molar refractivity (Wildman–Crippen MR) is 117 cm³/mol. The Morgan fingerprint density at radius 1 is 1.04 bits per heavy atom. The second-order valence-electron chi connectivity index (χ2n) is 6.95. The molecule has 0 saturated heterocycles. The van der Waals surface area contributed by atoms with Crippen molar-refractivity contribution in [3.63, 3.8) is 0 Å². The van der Waals surface area contributed by atoms with E-state index in [1.165, 1.54) is 0 Å². The summed E-state index contributed by atoms with van der Waals surface area (Å²) >= 11 is 9.36. The van der Waals surface area contributed by atoms with E-state index in [0.29, 0.717) is 11.6 Å². The molecule has 2 amide bonds. The molecule has 1 N–H and O–H groups in total. The zero-order chi connectivity index (χ0) is 20.7. The fourth-order valence-electron chi connectivity index (χ4n) is 2.71. The van der Waals surface area contributed by atoms with Crippen LogP contribution in [0.4, 0.5) is 0 Å². The van der Waals surface area contributed by atoms with Crippen LogP contribution in [0, 0.1) is 0 Å². The number of nitrogens with zero attached hydrogens (tertiary/aromatic N) is 1. The zero-order valence-electron chi connectivity index (χ0n) is 16.4. The van der Waals surface area contributed by atoms with Crippen LogP contribution in [0.5, 0.6) is 0 Å². The van der Waals surface area contributed by atoms with E-state index < -0.39 is 6.04 Å². The summed E-state index contributed by atoms with van der Waals surface area (Å²) in [5.74, 6) is -0.243. The average Bonchev–Trinajstić information content (AvgIpc) is 2.68. The van der Waals surface area contributed by atoms with Gasteiger partial charge < -0.3 is 10.2 Å². The highest BCUT2D eigenvalue weighted by molar-refractivity contribution is 9.10. The fraction of sp³-hybridized carbons (Fsp3) is 0.364. The minimum Gasteiger partial charge on any atom is -0.352 e. The highest BCUT2D eigenvalue weighted by Crippen LogP contribution is 2.16. The fourth-order valence-corrected chi connectivity index (χ4v) is 3.10. The normalized spacial score (nSPS) is 12.9. The number of hydrogen-bond donors (Lipinski definition) is 1. The lowest BCUT2D eigenvalue weighted by atomic mass is 10.1. The van der Waals surface area contributed by atoms with Gasteiger partial charge in [0, 0.05) is 22.1 Å². The molecule has 2 aromatic rings. The van der Waals surface area contributed by atoms with Crippen molar-refractivity contribution < 1.29 is 9.59 Å². The van der Waals surface area contributed by atoms with Crippen molar-refractivity contribution in [1.82, 2.24) is 10.2 Å². The SMILES string of the molecule is CC[C@H](C)NC(=O)[C@@H](C)N(Cc1ccc(Br)cc1)C(=O)Cc1ccc(Cl)cc1. The number of nitrogens with one attached hydrogen (secondary N) is 1. The Kier molecular flexibility index (Phi) is 8.52. The summed E-state index contributed by atoms with van der Waals surface area (Å²) in [5, 5.41) is 3.60.